The Hall–Kier alpha value is -0.100. The molecule has 0 aliphatic rings. The molecule has 0 bridgehead atoms. The van der Waals surface area contributed by atoms with Gasteiger partial charge in [-0.1, -0.05) is 47.4 Å². The van der Waals surface area contributed by atoms with Gasteiger partial charge in [0.2, 0.25) is 10.0 Å². The number of alkyl halides is 1. The van der Waals surface area contributed by atoms with Crippen LogP contribution in [0.4, 0.5) is 0 Å². The molecular weight excluding hydrogens is 338 g/mol. The Morgan fingerprint density at radius 1 is 1.39 bits per heavy atom. The van der Waals surface area contributed by atoms with Crippen LogP contribution in [0.1, 0.15) is 20.3 Å². The van der Waals surface area contributed by atoms with Crippen molar-refractivity contribution in [3.8, 4) is 0 Å². The van der Waals surface area contributed by atoms with Crippen molar-refractivity contribution in [3.63, 3.8) is 0 Å². The average molecular weight is 355 g/mol. The van der Waals surface area contributed by atoms with E-state index in [-0.39, 0.29) is 10.9 Å². The maximum Gasteiger partial charge on any atom is 0.240 e. The minimum Gasteiger partial charge on any atom is -0.207 e. The first kappa shape index (κ1) is 16.0. The van der Waals surface area contributed by atoms with E-state index >= 15 is 0 Å². The molecule has 3 nitrogen and oxygen atoms in total. The Labute approximate surface area is 122 Å². The molecule has 0 aliphatic heterocycles. The monoisotopic (exact) mass is 353 g/mol. The minimum atomic E-state index is -3.50. The van der Waals surface area contributed by atoms with E-state index in [1.807, 2.05) is 0 Å². The fraction of sp³-hybridized carbons (Fsp3) is 0.500. The lowest BCUT2D eigenvalue weighted by molar-refractivity contribution is 0.488. The third kappa shape index (κ3) is 4.88. The third-order valence-corrected chi connectivity index (χ3v) is 4.91. The molecule has 0 aliphatic carbocycles. The Morgan fingerprint density at radius 3 is 2.56 bits per heavy atom. The van der Waals surface area contributed by atoms with Gasteiger partial charge in [0.1, 0.15) is 0 Å². The molecule has 1 aromatic rings. The van der Waals surface area contributed by atoms with Crippen molar-refractivity contribution in [1.82, 2.24) is 4.72 Å². The van der Waals surface area contributed by atoms with Gasteiger partial charge in [-0.3, -0.25) is 0 Å². The van der Waals surface area contributed by atoms with Gasteiger partial charge in [-0.2, -0.15) is 0 Å². The highest BCUT2D eigenvalue weighted by Gasteiger charge is 2.20. The molecular formula is C12H17BrClNO2S. The Kier molecular flexibility index (Phi) is 6.11. The molecule has 1 N–H and O–H groups in total. The molecule has 1 unspecified atom stereocenters. The summed E-state index contributed by atoms with van der Waals surface area (Å²) in [5.74, 6) is 0.426. The largest absolute Gasteiger partial charge is 0.240 e. The molecule has 0 heterocycles. The summed E-state index contributed by atoms with van der Waals surface area (Å²) in [6, 6.07) is 6.15. The first-order valence-corrected chi connectivity index (χ1v) is 8.67. The highest BCUT2D eigenvalue weighted by molar-refractivity contribution is 9.09. The lowest BCUT2D eigenvalue weighted by Gasteiger charge is -2.18. The molecule has 0 fully saturated rings. The van der Waals surface area contributed by atoms with E-state index in [1.54, 1.807) is 12.1 Å². The molecule has 0 amide bonds. The van der Waals surface area contributed by atoms with Crippen LogP contribution in [0.15, 0.2) is 29.2 Å². The predicted octanol–water partition coefficient (Wildman–Crippen LogP) is 3.43. The molecule has 1 atom stereocenters. The molecule has 0 saturated heterocycles. The molecule has 1 rings (SSSR count). The number of hydrogen-bond acceptors (Lipinski definition) is 2. The zero-order valence-corrected chi connectivity index (χ0v) is 13.5. The van der Waals surface area contributed by atoms with Gasteiger partial charge in [0, 0.05) is 16.4 Å². The van der Waals surface area contributed by atoms with E-state index in [9.17, 15) is 8.42 Å². The summed E-state index contributed by atoms with van der Waals surface area (Å²) in [6.07, 6.45) is 0.783. The van der Waals surface area contributed by atoms with E-state index in [4.69, 9.17) is 11.6 Å². The molecule has 0 saturated carbocycles. The summed E-state index contributed by atoms with van der Waals surface area (Å²) in [5, 5.41) is 1.00. The van der Waals surface area contributed by atoms with Crippen LogP contribution < -0.4 is 4.72 Å². The maximum atomic E-state index is 12.1. The number of halogens is 2. The van der Waals surface area contributed by atoms with Crippen LogP contribution >= 0.6 is 27.5 Å². The third-order valence-electron chi connectivity index (χ3n) is 2.37. The van der Waals surface area contributed by atoms with Gasteiger partial charge in [-0.15, -0.1) is 0 Å². The Balaban J connectivity index is 2.87. The second-order valence-corrected chi connectivity index (χ2v) is 7.36. The van der Waals surface area contributed by atoms with Crippen LogP contribution in [0, 0.1) is 5.92 Å². The SMILES string of the molecule is CC(C)CC(CBr)NS(=O)(=O)c1cccc(Cl)c1. The summed E-state index contributed by atoms with van der Waals surface area (Å²) in [6.45, 7) is 4.12. The molecule has 1 aromatic carbocycles. The van der Waals surface area contributed by atoms with Gasteiger partial charge in [-0.05, 0) is 30.5 Å². The van der Waals surface area contributed by atoms with Gasteiger partial charge in [0.15, 0.2) is 0 Å². The van der Waals surface area contributed by atoms with Crippen molar-refractivity contribution in [2.45, 2.75) is 31.2 Å². The van der Waals surface area contributed by atoms with Gasteiger partial charge in [0.25, 0.3) is 0 Å². The summed E-state index contributed by atoms with van der Waals surface area (Å²) >= 11 is 9.14. The van der Waals surface area contributed by atoms with E-state index < -0.39 is 10.0 Å². The van der Waals surface area contributed by atoms with Crippen molar-refractivity contribution in [2.75, 3.05) is 5.33 Å². The van der Waals surface area contributed by atoms with Crippen LogP contribution in [-0.4, -0.2) is 19.8 Å². The molecule has 102 valence electrons. The highest BCUT2D eigenvalue weighted by Crippen LogP contribution is 2.17. The number of benzene rings is 1. The summed E-state index contributed by atoms with van der Waals surface area (Å²) in [5.41, 5.74) is 0. The Morgan fingerprint density at radius 2 is 2.06 bits per heavy atom. The molecule has 0 aromatic heterocycles. The van der Waals surface area contributed by atoms with Crippen LogP contribution in [0.3, 0.4) is 0 Å². The summed E-state index contributed by atoms with van der Waals surface area (Å²) in [7, 11) is -3.50. The van der Waals surface area contributed by atoms with Crippen molar-refractivity contribution < 1.29 is 8.42 Å². The lowest BCUT2D eigenvalue weighted by atomic mass is 10.1. The molecule has 0 radical (unpaired) electrons. The van der Waals surface area contributed by atoms with Crippen molar-refractivity contribution >= 4 is 37.6 Å². The predicted molar refractivity (Wildman–Crippen MR) is 78.8 cm³/mol. The van der Waals surface area contributed by atoms with E-state index in [2.05, 4.69) is 34.5 Å². The Bertz CT molecular complexity index is 491. The quantitative estimate of drug-likeness (QED) is 0.796. The zero-order valence-electron chi connectivity index (χ0n) is 10.4. The molecule has 6 heteroatoms. The first-order chi connectivity index (χ1) is 8.35. The fourth-order valence-corrected chi connectivity index (χ4v) is 3.82. The standard InChI is InChI=1S/C12H17BrClNO2S/c1-9(2)6-11(8-13)15-18(16,17)12-5-3-4-10(14)7-12/h3-5,7,9,11,15H,6,8H2,1-2H3. The van der Waals surface area contributed by atoms with E-state index in [0.717, 1.165) is 6.42 Å². The fourth-order valence-electron chi connectivity index (χ4n) is 1.63. The minimum absolute atomic E-state index is 0.117. The van der Waals surface area contributed by atoms with E-state index in [0.29, 0.717) is 16.3 Å². The topological polar surface area (TPSA) is 46.2 Å². The van der Waals surface area contributed by atoms with Crippen LogP contribution in [-0.2, 0) is 10.0 Å². The summed E-state index contributed by atoms with van der Waals surface area (Å²) < 4.78 is 27.0. The number of rotatable bonds is 6. The van der Waals surface area contributed by atoms with Gasteiger partial charge < -0.3 is 0 Å². The second-order valence-electron chi connectivity index (χ2n) is 4.56. The van der Waals surface area contributed by atoms with Crippen molar-refractivity contribution in [2.24, 2.45) is 5.92 Å². The van der Waals surface area contributed by atoms with Gasteiger partial charge >= 0.3 is 0 Å². The maximum absolute atomic E-state index is 12.1. The highest BCUT2D eigenvalue weighted by atomic mass is 79.9. The normalized spacial score (nSPS) is 13.8. The summed E-state index contributed by atoms with van der Waals surface area (Å²) in [4.78, 5) is 0.199. The number of hydrogen-bond donors (Lipinski definition) is 1. The smallest absolute Gasteiger partial charge is 0.207 e. The zero-order chi connectivity index (χ0) is 13.8. The number of nitrogens with one attached hydrogen (secondary N) is 1. The average Bonchev–Trinajstić information content (AvgIpc) is 2.27. The van der Waals surface area contributed by atoms with E-state index in [1.165, 1.54) is 12.1 Å². The van der Waals surface area contributed by atoms with Crippen molar-refractivity contribution in [1.29, 1.82) is 0 Å². The van der Waals surface area contributed by atoms with Crippen molar-refractivity contribution in [3.05, 3.63) is 29.3 Å². The van der Waals surface area contributed by atoms with Gasteiger partial charge in [-0.25, -0.2) is 13.1 Å². The van der Waals surface area contributed by atoms with Crippen LogP contribution in [0.5, 0.6) is 0 Å². The molecule has 0 spiro atoms. The second kappa shape index (κ2) is 6.89. The van der Waals surface area contributed by atoms with Gasteiger partial charge in [0.05, 0.1) is 4.90 Å². The lowest BCUT2D eigenvalue weighted by Crippen LogP contribution is -2.36. The first-order valence-electron chi connectivity index (χ1n) is 5.69. The number of sulfonamides is 1. The van der Waals surface area contributed by atoms with Crippen LogP contribution in [0.2, 0.25) is 5.02 Å². The van der Waals surface area contributed by atoms with Crippen LogP contribution in [0.25, 0.3) is 0 Å². The molecule has 18 heavy (non-hydrogen) atoms.